The zero-order chi connectivity index (χ0) is 19.2. The molecule has 0 aliphatic heterocycles. The van der Waals surface area contributed by atoms with Crippen molar-refractivity contribution < 1.29 is 29.0 Å². The highest BCUT2D eigenvalue weighted by Gasteiger charge is 2.15. The van der Waals surface area contributed by atoms with Crippen LogP contribution in [0.2, 0.25) is 0 Å². The number of hydrogen-bond donors (Lipinski definition) is 2. The fourth-order valence-electron chi connectivity index (χ4n) is 2.94. The van der Waals surface area contributed by atoms with E-state index < -0.39 is 12.1 Å². The second-order valence-corrected chi connectivity index (χ2v) is 6.83. The van der Waals surface area contributed by atoms with Crippen LogP contribution >= 0.6 is 0 Å². The summed E-state index contributed by atoms with van der Waals surface area (Å²) in [7, 11) is 0. The van der Waals surface area contributed by atoms with E-state index in [1.54, 1.807) is 19.3 Å². The van der Waals surface area contributed by atoms with Crippen LogP contribution in [0, 0.1) is 5.92 Å². The van der Waals surface area contributed by atoms with Crippen molar-refractivity contribution in [3.05, 3.63) is 24.2 Å². The summed E-state index contributed by atoms with van der Waals surface area (Å²) in [5.41, 5.74) is 0. The van der Waals surface area contributed by atoms with Crippen molar-refractivity contribution in [2.24, 2.45) is 5.92 Å². The highest BCUT2D eigenvalue weighted by Crippen LogP contribution is 2.19. The monoisotopic (exact) mass is 368 g/mol. The maximum atomic E-state index is 11.8. The summed E-state index contributed by atoms with van der Waals surface area (Å²) in [5, 5.41) is 18.6. The highest BCUT2D eigenvalue weighted by atomic mass is 16.5. The Kier molecular flexibility index (Phi) is 11.6. The molecule has 0 bridgehead atoms. The van der Waals surface area contributed by atoms with Crippen LogP contribution in [0.1, 0.15) is 70.5 Å². The van der Waals surface area contributed by atoms with Gasteiger partial charge in [-0.2, -0.15) is 0 Å². The number of unbranched alkanes of at least 4 members (excludes halogenated alkanes) is 3. The van der Waals surface area contributed by atoms with E-state index in [1.165, 1.54) is 0 Å². The van der Waals surface area contributed by atoms with Crippen LogP contribution in [0.25, 0.3) is 0 Å². The Morgan fingerprint density at radius 3 is 2.50 bits per heavy atom. The van der Waals surface area contributed by atoms with E-state index in [1.807, 2.05) is 6.07 Å². The normalized spacial score (nSPS) is 13.5. The number of furan rings is 1. The molecule has 0 saturated heterocycles. The SMILES string of the molecule is CC(=O)C(CCCCCCC(=O)O)CCCC(O)COCc1ccco1. The third-order valence-electron chi connectivity index (χ3n) is 4.49. The molecule has 0 spiro atoms. The Labute approximate surface area is 155 Å². The molecule has 0 saturated carbocycles. The lowest BCUT2D eigenvalue weighted by atomic mass is 9.91. The van der Waals surface area contributed by atoms with E-state index in [9.17, 15) is 14.7 Å². The van der Waals surface area contributed by atoms with Crippen molar-refractivity contribution >= 4 is 11.8 Å². The summed E-state index contributed by atoms with van der Waals surface area (Å²) >= 11 is 0. The second-order valence-electron chi connectivity index (χ2n) is 6.83. The molecule has 6 nitrogen and oxygen atoms in total. The number of aliphatic carboxylic acids is 1. The molecular formula is C20H32O6. The van der Waals surface area contributed by atoms with Gasteiger partial charge in [0.25, 0.3) is 0 Å². The van der Waals surface area contributed by atoms with Crippen LogP contribution < -0.4 is 0 Å². The Morgan fingerprint density at radius 1 is 1.12 bits per heavy atom. The molecule has 1 aromatic rings. The fourth-order valence-corrected chi connectivity index (χ4v) is 2.94. The standard InChI is InChI=1S/C20H32O6/c1-16(21)17(8-4-2-3-5-12-20(23)24)9-6-10-18(22)14-25-15-19-11-7-13-26-19/h7,11,13,17-18,22H,2-6,8-10,12,14-15H2,1H3,(H,23,24). The van der Waals surface area contributed by atoms with Crippen LogP contribution in [0.15, 0.2) is 22.8 Å². The summed E-state index contributed by atoms with van der Waals surface area (Å²) in [6, 6.07) is 3.62. The minimum Gasteiger partial charge on any atom is -0.481 e. The first-order valence-electron chi connectivity index (χ1n) is 9.49. The Balaban J connectivity index is 2.08. The minimum absolute atomic E-state index is 0.0331. The predicted octanol–water partition coefficient (Wildman–Crippen LogP) is 3.96. The van der Waals surface area contributed by atoms with Gasteiger partial charge in [-0.15, -0.1) is 0 Å². The molecule has 0 aliphatic rings. The number of Topliss-reactive ketones (excluding diaryl/α,β-unsaturated/α-hetero) is 1. The number of carboxylic acids is 1. The molecule has 2 N–H and O–H groups in total. The van der Waals surface area contributed by atoms with Crippen LogP contribution in [-0.4, -0.2) is 34.7 Å². The van der Waals surface area contributed by atoms with Gasteiger partial charge in [-0.3, -0.25) is 9.59 Å². The average molecular weight is 368 g/mol. The van der Waals surface area contributed by atoms with Crippen molar-refractivity contribution in [2.75, 3.05) is 6.61 Å². The topological polar surface area (TPSA) is 97.0 Å². The van der Waals surface area contributed by atoms with Crippen molar-refractivity contribution in [1.29, 1.82) is 0 Å². The van der Waals surface area contributed by atoms with E-state index in [0.29, 0.717) is 19.4 Å². The lowest BCUT2D eigenvalue weighted by Gasteiger charge is -2.15. The third-order valence-corrected chi connectivity index (χ3v) is 4.49. The van der Waals surface area contributed by atoms with Gasteiger partial charge in [-0.25, -0.2) is 0 Å². The number of rotatable bonds is 16. The van der Waals surface area contributed by atoms with Crippen LogP contribution in [0.3, 0.4) is 0 Å². The van der Waals surface area contributed by atoms with Crippen LogP contribution in [-0.2, 0) is 20.9 Å². The van der Waals surface area contributed by atoms with Gasteiger partial charge in [0.2, 0.25) is 0 Å². The summed E-state index contributed by atoms with van der Waals surface area (Å²) in [6.07, 6.45) is 7.78. The lowest BCUT2D eigenvalue weighted by molar-refractivity contribution is -0.137. The van der Waals surface area contributed by atoms with Crippen LogP contribution in [0.4, 0.5) is 0 Å². The van der Waals surface area contributed by atoms with Gasteiger partial charge in [0.1, 0.15) is 18.2 Å². The molecule has 2 atom stereocenters. The second kappa shape index (κ2) is 13.5. The maximum Gasteiger partial charge on any atom is 0.303 e. The quantitative estimate of drug-likeness (QED) is 0.429. The molecule has 0 radical (unpaired) electrons. The number of ketones is 1. The molecule has 0 aromatic carbocycles. The average Bonchev–Trinajstić information content (AvgIpc) is 3.09. The summed E-state index contributed by atoms with van der Waals surface area (Å²) in [6.45, 7) is 2.23. The van der Waals surface area contributed by atoms with Gasteiger partial charge >= 0.3 is 5.97 Å². The van der Waals surface area contributed by atoms with Crippen molar-refractivity contribution in [1.82, 2.24) is 0 Å². The maximum absolute atomic E-state index is 11.8. The van der Waals surface area contributed by atoms with Crippen LogP contribution in [0.5, 0.6) is 0 Å². The molecule has 0 aliphatic carbocycles. The van der Waals surface area contributed by atoms with Gasteiger partial charge in [-0.05, 0) is 44.7 Å². The summed E-state index contributed by atoms with van der Waals surface area (Å²) < 4.78 is 10.6. The van der Waals surface area contributed by atoms with Crippen molar-refractivity contribution in [2.45, 2.75) is 77.4 Å². The first kappa shape index (κ1) is 22.4. The number of carbonyl (C=O) groups excluding carboxylic acids is 1. The number of aliphatic hydroxyl groups is 1. The van der Waals surface area contributed by atoms with Gasteiger partial charge < -0.3 is 19.4 Å². The molecule has 1 heterocycles. The van der Waals surface area contributed by atoms with Gasteiger partial charge in [0.05, 0.1) is 19.0 Å². The number of aliphatic hydroxyl groups excluding tert-OH is 1. The molecule has 1 aromatic heterocycles. The first-order chi connectivity index (χ1) is 12.5. The van der Waals surface area contributed by atoms with E-state index >= 15 is 0 Å². The summed E-state index contributed by atoms with van der Waals surface area (Å²) in [5.74, 6) is 0.209. The van der Waals surface area contributed by atoms with E-state index in [-0.39, 0.29) is 24.7 Å². The van der Waals surface area contributed by atoms with E-state index in [2.05, 4.69) is 0 Å². The molecule has 0 amide bonds. The third kappa shape index (κ3) is 11.1. The zero-order valence-corrected chi connectivity index (χ0v) is 15.7. The van der Waals surface area contributed by atoms with E-state index in [0.717, 1.165) is 44.3 Å². The zero-order valence-electron chi connectivity index (χ0n) is 15.7. The molecular weight excluding hydrogens is 336 g/mol. The van der Waals surface area contributed by atoms with Gasteiger partial charge in [-0.1, -0.05) is 25.7 Å². The molecule has 0 fully saturated rings. The Bertz CT molecular complexity index is 496. The largest absolute Gasteiger partial charge is 0.481 e. The van der Waals surface area contributed by atoms with E-state index in [4.69, 9.17) is 14.3 Å². The number of carbonyl (C=O) groups is 2. The van der Waals surface area contributed by atoms with Gasteiger partial charge in [0.15, 0.2) is 0 Å². The fraction of sp³-hybridized carbons (Fsp3) is 0.700. The molecule has 1 rings (SSSR count). The Morgan fingerprint density at radius 2 is 1.85 bits per heavy atom. The minimum atomic E-state index is -0.752. The molecule has 26 heavy (non-hydrogen) atoms. The predicted molar refractivity (Wildman–Crippen MR) is 97.7 cm³/mol. The first-order valence-corrected chi connectivity index (χ1v) is 9.49. The number of ether oxygens (including phenoxy) is 1. The Hall–Kier alpha value is -1.66. The lowest BCUT2D eigenvalue weighted by Crippen LogP contribution is -2.17. The van der Waals surface area contributed by atoms with Crippen molar-refractivity contribution in [3.63, 3.8) is 0 Å². The molecule has 6 heteroatoms. The summed E-state index contributed by atoms with van der Waals surface area (Å²) in [4.78, 5) is 22.2. The molecule has 148 valence electrons. The highest BCUT2D eigenvalue weighted by molar-refractivity contribution is 5.78. The number of carboxylic acid groups (broad SMARTS) is 1. The van der Waals surface area contributed by atoms with Gasteiger partial charge in [0, 0.05) is 12.3 Å². The smallest absolute Gasteiger partial charge is 0.303 e. The molecule has 2 unspecified atom stereocenters. The number of hydrogen-bond acceptors (Lipinski definition) is 5. The van der Waals surface area contributed by atoms with Crippen molar-refractivity contribution in [3.8, 4) is 0 Å².